The molecule has 3 heterocycles. The summed E-state index contributed by atoms with van der Waals surface area (Å²) in [6.07, 6.45) is 7.92. The van der Waals surface area contributed by atoms with Gasteiger partial charge in [-0.2, -0.15) is 0 Å². The number of esters is 2. The molecule has 3 fully saturated rings. The zero-order chi connectivity index (χ0) is 31.0. The SMILES string of the molecule is COC(=O)[C@@]12CCC3(C[C@@H]1CCOc1cc(Br)ccc12)OCCO3.COC(=O)[C@@]12CCCC[C@@H]1CCOc1cc(Br)ccc12. The summed E-state index contributed by atoms with van der Waals surface area (Å²) in [5, 5.41) is 0. The fourth-order valence-electron chi connectivity index (χ4n) is 8.41. The Kier molecular flexibility index (Phi) is 9.35. The standard InChI is InChI=1S/C18H21BrO5.C16H19BrO3/c1-21-16(20)18-6-5-17(23-8-9-24-17)11-12(18)4-7-22-15-10-13(19)2-3-14(15)18;1-19-15(18)16-8-3-2-4-11(16)7-9-20-14-10-12(17)5-6-13(14)16/h2-3,10,12H,4-9,11H2,1H3;5-6,10-11H,2-4,7-9H2,1H3/t12-,18-;11-,16+/m01/s1. The fraction of sp³-hybridized carbons (Fsp3) is 0.588. The maximum absolute atomic E-state index is 13.0. The highest BCUT2D eigenvalue weighted by molar-refractivity contribution is 9.10. The molecule has 0 unspecified atom stereocenters. The van der Waals surface area contributed by atoms with E-state index in [1.54, 1.807) is 0 Å². The largest absolute Gasteiger partial charge is 0.493 e. The molecule has 10 heteroatoms. The minimum atomic E-state index is -0.693. The van der Waals surface area contributed by atoms with Gasteiger partial charge in [-0.05, 0) is 68.2 Å². The zero-order valence-corrected chi connectivity index (χ0v) is 28.5. The van der Waals surface area contributed by atoms with E-state index in [9.17, 15) is 9.59 Å². The van der Waals surface area contributed by atoms with Crippen molar-refractivity contribution in [2.24, 2.45) is 11.8 Å². The number of carbonyl (C=O) groups excluding carboxylic acids is 2. The second-order valence-corrected chi connectivity index (χ2v) is 14.3. The first-order chi connectivity index (χ1) is 21.3. The Morgan fingerprint density at radius 1 is 0.705 bits per heavy atom. The molecule has 0 amide bonds. The van der Waals surface area contributed by atoms with Crippen molar-refractivity contribution >= 4 is 43.8 Å². The molecular weight excluding hydrogens is 696 g/mol. The number of ether oxygens (including phenoxy) is 6. The van der Waals surface area contributed by atoms with Crippen LogP contribution >= 0.6 is 31.9 Å². The molecule has 0 aromatic heterocycles. The lowest BCUT2D eigenvalue weighted by Gasteiger charge is -2.47. The average Bonchev–Trinajstić information content (AvgIpc) is 3.33. The highest BCUT2D eigenvalue weighted by atomic mass is 79.9. The lowest BCUT2D eigenvalue weighted by atomic mass is 9.60. The van der Waals surface area contributed by atoms with Crippen molar-refractivity contribution in [2.45, 2.75) is 74.4 Å². The molecule has 238 valence electrons. The summed E-state index contributed by atoms with van der Waals surface area (Å²) in [7, 11) is 2.96. The summed E-state index contributed by atoms with van der Waals surface area (Å²) in [5.41, 5.74) is 0.726. The van der Waals surface area contributed by atoms with Crippen LogP contribution in [-0.4, -0.2) is 58.4 Å². The molecule has 44 heavy (non-hydrogen) atoms. The smallest absolute Gasteiger partial charge is 0.316 e. The number of fused-ring (bicyclic) bond motifs is 6. The van der Waals surface area contributed by atoms with Crippen LogP contribution in [0.25, 0.3) is 0 Å². The third kappa shape index (κ3) is 5.47. The van der Waals surface area contributed by atoms with Crippen LogP contribution in [0.2, 0.25) is 0 Å². The molecule has 0 N–H and O–H groups in total. The summed E-state index contributed by atoms with van der Waals surface area (Å²) in [4.78, 5) is 25.6. The van der Waals surface area contributed by atoms with Crippen molar-refractivity contribution < 1.29 is 38.0 Å². The van der Waals surface area contributed by atoms with Gasteiger partial charge >= 0.3 is 11.9 Å². The lowest BCUT2D eigenvalue weighted by molar-refractivity contribution is -0.204. The van der Waals surface area contributed by atoms with E-state index >= 15 is 0 Å². The second-order valence-electron chi connectivity index (χ2n) is 12.4. The number of hydrogen-bond donors (Lipinski definition) is 0. The van der Waals surface area contributed by atoms with Crippen LogP contribution in [0.3, 0.4) is 0 Å². The van der Waals surface area contributed by atoms with Gasteiger partial charge in [0.25, 0.3) is 0 Å². The van der Waals surface area contributed by atoms with Crippen LogP contribution < -0.4 is 9.47 Å². The molecule has 5 aliphatic rings. The topological polar surface area (TPSA) is 89.5 Å². The Morgan fingerprint density at radius 3 is 1.82 bits per heavy atom. The normalized spacial score (nSPS) is 29.8. The summed E-state index contributed by atoms with van der Waals surface area (Å²) in [6, 6.07) is 11.9. The minimum absolute atomic E-state index is 0.0687. The van der Waals surface area contributed by atoms with Crippen molar-refractivity contribution in [1.82, 2.24) is 0 Å². The number of hydrogen-bond acceptors (Lipinski definition) is 8. The van der Waals surface area contributed by atoms with Crippen LogP contribution in [0, 0.1) is 11.8 Å². The third-order valence-corrected chi connectivity index (χ3v) is 11.4. The molecule has 4 atom stereocenters. The highest BCUT2D eigenvalue weighted by Gasteiger charge is 2.58. The molecular formula is C34H40Br2O8. The van der Waals surface area contributed by atoms with Crippen molar-refractivity contribution in [1.29, 1.82) is 0 Å². The first kappa shape index (κ1) is 31.8. The number of rotatable bonds is 2. The maximum Gasteiger partial charge on any atom is 0.316 e. The number of methoxy groups -OCH3 is 2. The van der Waals surface area contributed by atoms with Crippen LogP contribution in [0.5, 0.6) is 11.5 Å². The van der Waals surface area contributed by atoms with Crippen LogP contribution in [-0.2, 0) is 39.4 Å². The molecule has 8 nitrogen and oxygen atoms in total. The average molecular weight is 736 g/mol. The van der Waals surface area contributed by atoms with E-state index in [0.717, 1.165) is 63.7 Å². The van der Waals surface area contributed by atoms with E-state index in [-0.39, 0.29) is 17.9 Å². The van der Waals surface area contributed by atoms with Gasteiger partial charge in [-0.3, -0.25) is 9.59 Å². The van der Waals surface area contributed by atoms with Crippen molar-refractivity contribution in [3.8, 4) is 11.5 Å². The Bertz CT molecular complexity index is 1390. The first-order valence-corrected chi connectivity index (χ1v) is 17.2. The quantitative estimate of drug-likeness (QED) is 0.304. The number of halogens is 2. The summed E-state index contributed by atoms with van der Waals surface area (Å²) >= 11 is 6.97. The summed E-state index contributed by atoms with van der Waals surface area (Å²) in [5.74, 6) is 1.16. The van der Waals surface area contributed by atoms with E-state index in [0.29, 0.717) is 51.6 Å². The molecule has 1 saturated heterocycles. The van der Waals surface area contributed by atoms with E-state index < -0.39 is 16.6 Å². The van der Waals surface area contributed by atoms with E-state index in [1.807, 2.05) is 36.4 Å². The molecule has 7 rings (SSSR count). The van der Waals surface area contributed by atoms with E-state index in [1.165, 1.54) is 20.6 Å². The van der Waals surface area contributed by atoms with Crippen molar-refractivity contribution in [3.05, 3.63) is 56.5 Å². The monoisotopic (exact) mass is 734 g/mol. The van der Waals surface area contributed by atoms with Gasteiger partial charge in [-0.1, -0.05) is 56.8 Å². The summed E-state index contributed by atoms with van der Waals surface area (Å²) in [6.45, 7) is 2.49. The van der Waals surface area contributed by atoms with Crippen LogP contribution in [0.4, 0.5) is 0 Å². The Morgan fingerprint density at radius 2 is 1.25 bits per heavy atom. The van der Waals surface area contributed by atoms with Gasteiger partial charge in [0.15, 0.2) is 5.79 Å². The third-order valence-electron chi connectivity index (χ3n) is 10.4. The van der Waals surface area contributed by atoms with Crippen LogP contribution in [0.1, 0.15) is 68.9 Å². The molecule has 2 saturated carbocycles. The van der Waals surface area contributed by atoms with Crippen LogP contribution in [0.15, 0.2) is 45.3 Å². The predicted octanol–water partition coefficient (Wildman–Crippen LogP) is 7.02. The molecule has 0 bridgehead atoms. The van der Waals surface area contributed by atoms with Crippen molar-refractivity contribution in [2.75, 3.05) is 40.6 Å². The molecule has 2 aromatic carbocycles. The van der Waals surface area contributed by atoms with Gasteiger partial charge in [-0.25, -0.2) is 0 Å². The molecule has 3 aliphatic heterocycles. The maximum atomic E-state index is 13.0. The molecule has 2 aliphatic carbocycles. The van der Waals surface area contributed by atoms with Gasteiger partial charge in [0.05, 0.1) is 51.5 Å². The summed E-state index contributed by atoms with van der Waals surface area (Å²) < 4.78 is 36.1. The second kappa shape index (κ2) is 12.9. The van der Waals surface area contributed by atoms with Gasteiger partial charge in [-0.15, -0.1) is 0 Å². The van der Waals surface area contributed by atoms with E-state index in [4.69, 9.17) is 28.4 Å². The zero-order valence-electron chi connectivity index (χ0n) is 25.3. The highest BCUT2D eigenvalue weighted by Crippen LogP contribution is 2.55. The molecule has 2 aromatic rings. The predicted molar refractivity (Wildman–Crippen MR) is 170 cm³/mol. The van der Waals surface area contributed by atoms with Gasteiger partial charge < -0.3 is 28.4 Å². The van der Waals surface area contributed by atoms with Crippen molar-refractivity contribution in [3.63, 3.8) is 0 Å². The first-order valence-electron chi connectivity index (χ1n) is 15.6. The molecule has 0 radical (unpaired) electrons. The fourth-order valence-corrected chi connectivity index (χ4v) is 9.09. The Hall–Kier alpha value is -2.14. The minimum Gasteiger partial charge on any atom is -0.493 e. The molecule has 1 spiro atoms. The lowest BCUT2D eigenvalue weighted by Crippen LogP contribution is -2.52. The van der Waals surface area contributed by atoms with Gasteiger partial charge in [0, 0.05) is 32.9 Å². The van der Waals surface area contributed by atoms with Gasteiger partial charge in [0.1, 0.15) is 11.5 Å². The van der Waals surface area contributed by atoms with E-state index in [2.05, 4.69) is 31.9 Å². The number of carbonyl (C=O) groups is 2. The Labute approximate surface area is 275 Å². The Balaban J connectivity index is 0.000000159. The van der Waals surface area contributed by atoms with Gasteiger partial charge in [0.2, 0.25) is 0 Å². The number of benzene rings is 2.